The van der Waals surface area contributed by atoms with E-state index in [2.05, 4.69) is 27.7 Å². The molecule has 0 saturated heterocycles. The van der Waals surface area contributed by atoms with E-state index in [4.69, 9.17) is 4.74 Å². The van der Waals surface area contributed by atoms with Gasteiger partial charge in [0.05, 0.1) is 0 Å². The van der Waals surface area contributed by atoms with Crippen molar-refractivity contribution < 1.29 is 9.53 Å². The van der Waals surface area contributed by atoms with Crippen LogP contribution in [0.2, 0.25) is 0 Å². The molecule has 0 saturated carbocycles. The predicted molar refractivity (Wildman–Crippen MR) is 59.4 cm³/mol. The van der Waals surface area contributed by atoms with Crippen LogP contribution >= 0.6 is 0 Å². The Morgan fingerprint density at radius 1 is 1.36 bits per heavy atom. The van der Waals surface area contributed by atoms with Gasteiger partial charge < -0.3 is 4.74 Å². The maximum absolute atomic E-state index is 11.5. The molecule has 0 rings (SSSR count). The zero-order valence-corrected chi connectivity index (χ0v) is 10.2. The molecule has 0 spiro atoms. The summed E-state index contributed by atoms with van der Waals surface area (Å²) in [6.07, 6.45) is 2.34. The van der Waals surface area contributed by atoms with Gasteiger partial charge in [-0.2, -0.15) is 0 Å². The fourth-order valence-electron chi connectivity index (χ4n) is 1.35. The zero-order valence-electron chi connectivity index (χ0n) is 10.2. The van der Waals surface area contributed by atoms with E-state index >= 15 is 0 Å². The van der Waals surface area contributed by atoms with Crippen LogP contribution in [0.1, 0.15) is 47.0 Å². The highest BCUT2D eigenvalue weighted by Gasteiger charge is 2.14. The van der Waals surface area contributed by atoms with Gasteiger partial charge in [-0.05, 0) is 17.8 Å². The normalized spacial score (nSPS) is 14.1. The average Bonchev–Trinajstić information content (AvgIpc) is 2.00. The highest BCUT2D eigenvalue weighted by Crippen LogP contribution is 2.21. The van der Waals surface area contributed by atoms with Gasteiger partial charge in [0.2, 0.25) is 0 Å². The molecule has 2 heteroatoms. The molecule has 0 radical (unpaired) electrons. The molecule has 0 aromatic carbocycles. The first-order valence-electron chi connectivity index (χ1n) is 5.36. The van der Waals surface area contributed by atoms with Gasteiger partial charge in [0.1, 0.15) is 5.78 Å². The minimum absolute atomic E-state index is 0.264. The number of carbonyl (C=O) groups excluding carboxylic acids is 1. The molecular formula is C12H24O2. The largest absolute Gasteiger partial charge is 0.384 e. The van der Waals surface area contributed by atoms with Gasteiger partial charge in [-0.15, -0.1) is 0 Å². The van der Waals surface area contributed by atoms with Crippen molar-refractivity contribution in [2.45, 2.75) is 47.0 Å². The highest BCUT2D eigenvalue weighted by molar-refractivity contribution is 5.78. The highest BCUT2D eigenvalue weighted by atomic mass is 16.5. The van der Waals surface area contributed by atoms with Crippen molar-refractivity contribution in [3.63, 3.8) is 0 Å². The van der Waals surface area contributed by atoms with E-state index in [0.717, 1.165) is 6.42 Å². The first-order chi connectivity index (χ1) is 6.35. The van der Waals surface area contributed by atoms with Gasteiger partial charge >= 0.3 is 0 Å². The van der Waals surface area contributed by atoms with Crippen LogP contribution < -0.4 is 0 Å². The third kappa shape index (κ3) is 8.24. The maximum atomic E-state index is 11.5. The van der Waals surface area contributed by atoms with Crippen LogP contribution in [0.25, 0.3) is 0 Å². The van der Waals surface area contributed by atoms with E-state index in [1.807, 2.05) is 0 Å². The Balaban J connectivity index is 3.65. The van der Waals surface area contributed by atoms with Gasteiger partial charge in [-0.25, -0.2) is 0 Å². The molecule has 84 valence electrons. The van der Waals surface area contributed by atoms with Gasteiger partial charge in [0.15, 0.2) is 0 Å². The number of methoxy groups -OCH3 is 1. The van der Waals surface area contributed by atoms with Crippen LogP contribution in [0.15, 0.2) is 0 Å². The second-order valence-corrected chi connectivity index (χ2v) is 5.36. The van der Waals surface area contributed by atoms with E-state index in [1.165, 1.54) is 0 Å². The molecular weight excluding hydrogens is 176 g/mol. The van der Waals surface area contributed by atoms with Crippen LogP contribution in [0.5, 0.6) is 0 Å². The molecule has 0 bridgehead atoms. The maximum Gasteiger partial charge on any atom is 0.133 e. The monoisotopic (exact) mass is 200 g/mol. The lowest BCUT2D eigenvalue weighted by molar-refractivity contribution is -0.120. The lowest BCUT2D eigenvalue weighted by Crippen LogP contribution is -2.13. The zero-order chi connectivity index (χ0) is 11.2. The molecule has 0 heterocycles. The lowest BCUT2D eigenvalue weighted by atomic mass is 9.88. The Morgan fingerprint density at radius 3 is 2.36 bits per heavy atom. The third-order valence-electron chi connectivity index (χ3n) is 2.18. The minimum atomic E-state index is 0.264. The molecule has 0 aliphatic carbocycles. The summed E-state index contributed by atoms with van der Waals surface area (Å²) in [7, 11) is 1.68. The fourth-order valence-corrected chi connectivity index (χ4v) is 1.35. The van der Waals surface area contributed by atoms with Crippen LogP contribution in [0.4, 0.5) is 0 Å². The molecule has 0 N–H and O–H groups in total. The molecule has 1 unspecified atom stereocenters. The molecule has 2 nitrogen and oxygen atoms in total. The summed E-state index contributed by atoms with van der Waals surface area (Å²) < 4.78 is 5.00. The van der Waals surface area contributed by atoms with E-state index in [0.29, 0.717) is 31.1 Å². The van der Waals surface area contributed by atoms with Crippen LogP contribution in [0, 0.1) is 11.3 Å². The second-order valence-electron chi connectivity index (χ2n) is 5.36. The van der Waals surface area contributed by atoms with Crippen LogP contribution in [0.3, 0.4) is 0 Å². The number of hydrogen-bond donors (Lipinski definition) is 0. The van der Waals surface area contributed by atoms with Crippen molar-refractivity contribution in [1.82, 2.24) is 0 Å². The summed E-state index contributed by atoms with van der Waals surface area (Å²) in [6, 6.07) is 0. The Bertz CT molecular complexity index is 168. The van der Waals surface area contributed by atoms with Crippen molar-refractivity contribution in [3.8, 4) is 0 Å². The van der Waals surface area contributed by atoms with Crippen molar-refractivity contribution in [3.05, 3.63) is 0 Å². The van der Waals surface area contributed by atoms with Crippen molar-refractivity contribution >= 4 is 5.78 Å². The third-order valence-corrected chi connectivity index (χ3v) is 2.18. The quantitative estimate of drug-likeness (QED) is 0.658. The molecule has 1 atom stereocenters. The molecule has 0 aliphatic rings. The number of Topliss-reactive ketones (excluding diaryl/α,β-unsaturated/α-hetero) is 1. The van der Waals surface area contributed by atoms with Gasteiger partial charge in [-0.1, -0.05) is 27.7 Å². The van der Waals surface area contributed by atoms with E-state index in [1.54, 1.807) is 7.11 Å². The van der Waals surface area contributed by atoms with Crippen molar-refractivity contribution in [1.29, 1.82) is 0 Å². The molecule has 0 fully saturated rings. The van der Waals surface area contributed by atoms with Gasteiger partial charge in [-0.3, -0.25) is 4.79 Å². The van der Waals surface area contributed by atoms with Crippen molar-refractivity contribution in [2.24, 2.45) is 11.3 Å². The summed E-state index contributed by atoms with van der Waals surface area (Å²) in [5.41, 5.74) is 0.264. The fraction of sp³-hybridized carbons (Fsp3) is 0.917. The number of rotatable bonds is 6. The summed E-state index contributed by atoms with van der Waals surface area (Å²) in [6.45, 7) is 9.23. The second kappa shape index (κ2) is 6.18. The SMILES string of the molecule is COCC(C)CC(=O)CCC(C)(C)C. The minimum Gasteiger partial charge on any atom is -0.384 e. The first kappa shape index (κ1) is 13.6. The number of ketones is 1. The molecule has 0 amide bonds. The van der Waals surface area contributed by atoms with Crippen LogP contribution in [-0.2, 0) is 9.53 Å². The molecule has 0 aromatic heterocycles. The van der Waals surface area contributed by atoms with Gasteiger partial charge in [0.25, 0.3) is 0 Å². The van der Waals surface area contributed by atoms with Crippen molar-refractivity contribution in [2.75, 3.05) is 13.7 Å². The predicted octanol–water partition coefficient (Wildman–Crippen LogP) is 3.05. The number of ether oxygens (including phenoxy) is 1. The number of hydrogen-bond acceptors (Lipinski definition) is 2. The topological polar surface area (TPSA) is 26.3 Å². The first-order valence-corrected chi connectivity index (χ1v) is 5.36. The Hall–Kier alpha value is -0.370. The summed E-state index contributed by atoms with van der Waals surface area (Å²) >= 11 is 0. The van der Waals surface area contributed by atoms with Crippen LogP contribution in [-0.4, -0.2) is 19.5 Å². The number of carbonyl (C=O) groups is 1. The smallest absolute Gasteiger partial charge is 0.133 e. The Morgan fingerprint density at radius 2 is 1.93 bits per heavy atom. The van der Waals surface area contributed by atoms with E-state index < -0.39 is 0 Å². The molecule has 0 aliphatic heterocycles. The van der Waals surface area contributed by atoms with Gasteiger partial charge in [0, 0.05) is 26.6 Å². The van der Waals surface area contributed by atoms with E-state index in [9.17, 15) is 4.79 Å². The average molecular weight is 200 g/mol. The summed E-state index contributed by atoms with van der Waals surface area (Å²) in [5.74, 6) is 0.719. The molecule has 0 aromatic rings. The summed E-state index contributed by atoms with van der Waals surface area (Å²) in [5, 5.41) is 0. The molecule has 14 heavy (non-hydrogen) atoms. The standard InChI is InChI=1S/C12H24O2/c1-10(9-14-5)8-11(13)6-7-12(2,3)4/h10H,6-9H2,1-5H3. The van der Waals surface area contributed by atoms with E-state index in [-0.39, 0.29) is 5.41 Å². The Kier molecular flexibility index (Phi) is 6.01. The summed E-state index contributed by atoms with van der Waals surface area (Å²) in [4.78, 5) is 11.5. The lowest BCUT2D eigenvalue weighted by Gasteiger charge is -2.17. The Labute approximate surface area is 88.0 Å².